The lowest BCUT2D eigenvalue weighted by Crippen LogP contribution is -2.29. The maximum absolute atomic E-state index is 11.5. The molecule has 0 aliphatic rings. The molecule has 1 aromatic carbocycles. The van der Waals surface area contributed by atoms with Crippen molar-refractivity contribution in [2.45, 2.75) is 13.3 Å². The van der Waals surface area contributed by atoms with Crippen molar-refractivity contribution in [2.24, 2.45) is 0 Å². The molecule has 1 rings (SSSR count). The van der Waals surface area contributed by atoms with E-state index in [1.807, 2.05) is 0 Å². The van der Waals surface area contributed by atoms with Crippen molar-refractivity contribution in [3.8, 4) is 11.8 Å². The summed E-state index contributed by atoms with van der Waals surface area (Å²) in [5.74, 6) is 4.50. The largest absolute Gasteiger partial charge is 0.478 e. The molecule has 5 nitrogen and oxygen atoms in total. The Hall–Kier alpha value is -2.00. The maximum Gasteiger partial charge on any atom is 0.335 e. The molecule has 0 fully saturated rings. The van der Waals surface area contributed by atoms with Gasteiger partial charge in [-0.25, -0.2) is 9.59 Å². The summed E-state index contributed by atoms with van der Waals surface area (Å²) in [6.07, 6.45) is 0.572. The van der Waals surface area contributed by atoms with Crippen LogP contribution in [0.5, 0.6) is 0 Å². The summed E-state index contributed by atoms with van der Waals surface area (Å²) >= 11 is 3.19. The molecule has 0 aliphatic carbocycles. The van der Waals surface area contributed by atoms with Crippen molar-refractivity contribution >= 4 is 33.6 Å². The highest BCUT2D eigenvalue weighted by molar-refractivity contribution is 9.10. The number of carbonyl (C=O) groups is 2. The number of halogens is 1. The Morgan fingerprint density at radius 3 is 2.74 bits per heavy atom. The highest BCUT2D eigenvalue weighted by atomic mass is 79.9. The molecule has 0 bridgehead atoms. The molecular weight excluding hydrogens is 312 g/mol. The summed E-state index contributed by atoms with van der Waals surface area (Å²) in [6.45, 7) is 2.17. The smallest absolute Gasteiger partial charge is 0.335 e. The Morgan fingerprint density at radius 2 is 2.11 bits per heavy atom. The lowest BCUT2D eigenvalue weighted by Gasteiger charge is -2.08. The van der Waals surface area contributed by atoms with E-state index in [-0.39, 0.29) is 5.56 Å². The zero-order valence-corrected chi connectivity index (χ0v) is 11.9. The van der Waals surface area contributed by atoms with Crippen LogP contribution < -0.4 is 10.6 Å². The van der Waals surface area contributed by atoms with Crippen molar-refractivity contribution in [1.82, 2.24) is 5.32 Å². The number of nitrogens with one attached hydrogen (secondary N) is 2. The van der Waals surface area contributed by atoms with Gasteiger partial charge >= 0.3 is 12.0 Å². The summed E-state index contributed by atoms with van der Waals surface area (Å²) in [5, 5.41) is 14.1. The molecule has 3 N–H and O–H groups in total. The van der Waals surface area contributed by atoms with Crippen molar-refractivity contribution < 1.29 is 14.7 Å². The quantitative estimate of drug-likeness (QED) is 0.588. The number of amides is 2. The first-order valence-electron chi connectivity index (χ1n) is 5.51. The first-order chi connectivity index (χ1) is 9.02. The van der Waals surface area contributed by atoms with Gasteiger partial charge in [-0.1, -0.05) is 15.9 Å². The van der Waals surface area contributed by atoms with Crippen molar-refractivity contribution in [1.29, 1.82) is 0 Å². The highest BCUT2D eigenvalue weighted by Gasteiger charge is 2.07. The molecule has 19 heavy (non-hydrogen) atoms. The first-order valence-corrected chi connectivity index (χ1v) is 6.30. The van der Waals surface area contributed by atoms with Gasteiger partial charge in [-0.05, 0) is 25.1 Å². The third kappa shape index (κ3) is 5.44. The van der Waals surface area contributed by atoms with Gasteiger partial charge in [0.1, 0.15) is 0 Å². The molecule has 0 aliphatic heterocycles. The number of hydrogen-bond acceptors (Lipinski definition) is 2. The summed E-state index contributed by atoms with van der Waals surface area (Å²) in [6, 6.07) is 4.07. The fourth-order valence-electron chi connectivity index (χ4n) is 1.32. The zero-order valence-electron chi connectivity index (χ0n) is 10.3. The molecule has 0 unspecified atom stereocenters. The zero-order chi connectivity index (χ0) is 14.3. The standard InChI is InChI=1S/C13H13BrN2O3/c1-2-3-4-5-15-13(19)16-11-7-9(12(17)18)6-10(14)8-11/h6-8H,4-5H2,1H3,(H,17,18)(H2,15,16,19). The van der Waals surface area contributed by atoms with Gasteiger partial charge in [-0.3, -0.25) is 0 Å². The third-order valence-electron chi connectivity index (χ3n) is 2.11. The van der Waals surface area contributed by atoms with Crippen LogP contribution in [0.25, 0.3) is 0 Å². The van der Waals surface area contributed by atoms with Crippen LogP contribution in [0, 0.1) is 11.8 Å². The second-order valence-corrected chi connectivity index (χ2v) is 4.51. The number of benzene rings is 1. The number of carboxylic acids is 1. The summed E-state index contributed by atoms with van der Waals surface area (Å²) in [4.78, 5) is 22.4. The van der Waals surface area contributed by atoms with Crippen LogP contribution in [0.1, 0.15) is 23.7 Å². The Kier molecular flexibility index (Phi) is 5.90. The molecule has 0 saturated carbocycles. The number of carbonyl (C=O) groups excluding carboxylic acids is 1. The summed E-state index contributed by atoms with van der Waals surface area (Å²) in [5.41, 5.74) is 0.507. The van der Waals surface area contributed by atoms with Gasteiger partial charge in [0.2, 0.25) is 0 Å². The van der Waals surface area contributed by atoms with Gasteiger partial charge in [0.15, 0.2) is 0 Å². The molecule has 0 heterocycles. The van der Waals surface area contributed by atoms with E-state index in [0.29, 0.717) is 23.1 Å². The Balaban J connectivity index is 2.62. The average molecular weight is 325 g/mol. The Bertz CT molecular complexity index is 547. The Labute approximate surface area is 119 Å². The minimum atomic E-state index is -1.05. The molecule has 0 spiro atoms. The number of hydrogen-bond donors (Lipinski definition) is 3. The second-order valence-electron chi connectivity index (χ2n) is 3.59. The van der Waals surface area contributed by atoms with Crippen LogP contribution in [-0.2, 0) is 0 Å². The lowest BCUT2D eigenvalue weighted by atomic mass is 10.2. The topological polar surface area (TPSA) is 78.4 Å². The molecule has 2 amide bonds. The van der Waals surface area contributed by atoms with E-state index in [2.05, 4.69) is 38.4 Å². The summed E-state index contributed by atoms with van der Waals surface area (Å²) < 4.78 is 0.583. The minimum Gasteiger partial charge on any atom is -0.478 e. The molecule has 0 atom stereocenters. The van der Waals surface area contributed by atoms with Crippen molar-refractivity contribution in [2.75, 3.05) is 11.9 Å². The van der Waals surface area contributed by atoms with E-state index >= 15 is 0 Å². The number of anilines is 1. The van der Waals surface area contributed by atoms with E-state index in [9.17, 15) is 9.59 Å². The molecule has 0 aromatic heterocycles. The van der Waals surface area contributed by atoms with Gasteiger partial charge in [0.05, 0.1) is 5.56 Å². The van der Waals surface area contributed by atoms with Gasteiger partial charge in [0, 0.05) is 23.1 Å². The van der Waals surface area contributed by atoms with E-state index in [4.69, 9.17) is 5.11 Å². The van der Waals surface area contributed by atoms with Gasteiger partial charge in [-0.2, -0.15) is 0 Å². The van der Waals surface area contributed by atoms with E-state index in [1.54, 1.807) is 13.0 Å². The fraction of sp³-hybridized carbons (Fsp3) is 0.231. The van der Waals surface area contributed by atoms with E-state index in [1.165, 1.54) is 12.1 Å². The van der Waals surface area contributed by atoms with E-state index < -0.39 is 12.0 Å². The molecular formula is C13H13BrN2O3. The monoisotopic (exact) mass is 324 g/mol. The summed E-state index contributed by atoms with van der Waals surface area (Å²) in [7, 11) is 0. The van der Waals surface area contributed by atoms with Gasteiger partial charge < -0.3 is 15.7 Å². The number of carboxylic acid groups (broad SMARTS) is 1. The molecule has 100 valence electrons. The predicted molar refractivity (Wildman–Crippen MR) is 76.2 cm³/mol. The second kappa shape index (κ2) is 7.44. The van der Waals surface area contributed by atoms with Crippen LogP contribution >= 0.6 is 15.9 Å². The first kappa shape index (κ1) is 15.1. The average Bonchev–Trinajstić information content (AvgIpc) is 2.34. The molecule has 1 aromatic rings. The predicted octanol–water partition coefficient (Wildman–Crippen LogP) is 2.68. The molecule has 0 saturated heterocycles. The van der Waals surface area contributed by atoms with Crippen molar-refractivity contribution in [3.05, 3.63) is 28.2 Å². The maximum atomic E-state index is 11.5. The van der Waals surface area contributed by atoms with Gasteiger partial charge in [0.25, 0.3) is 0 Å². The van der Waals surface area contributed by atoms with E-state index in [0.717, 1.165) is 0 Å². The highest BCUT2D eigenvalue weighted by Crippen LogP contribution is 2.19. The number of aromatic carboxylic acids is 1. The van der Waals surface area contributed by atoms with Crippen LogP contribution in [0.4, 0.5) is 10.5 Å². The lowest BCUT2D eigenvalue weighted by molar-refractivity contribution is 0.0697. The van der Waals surface area contributed by atoms with Crippen LogP contribution in [0.3, 0.4) is 0 Å². The number of urea groups is 1. The molecule has 6 heteroatoms. The van der Waals surface area contributed by atoms with Crippen LogP contribution in [0.15, 0.2) is 22.7 Å². The van der Waals surface area contributed by atoms with Gasteiger partial charge in [-0.15, -0.1) is 11.8 Å². The minimum absolute atomic E-state index is 0.0986. The van der Waals surface area contributed by atoms with Crippen molar-refractivity contribution in [3.63, 3.8) is 0 Å². The molecule has 0 radical (unpaired) electrons. The third-order valence-corrected chi connectivity index (χ3v) is 2.57. The number of rotatable bonds is 4. The van der Waals surface area contributed by atoms with Crippen LogP contribution in [0.2, 0.25) is 0 Å². The SMILES string of the molecule is CC#CCCNC(=O)Nc1cc(Br)cc(C(=O)O)c1. The Morgan fingerprint density at radius 1 is 1.37 bits per heavy atom. The fourth-order valence-corrected chi connectivity index (χ4v) is 1.82. The van der Waals surface area contributed by atoms with Crippen LogP contribution in [-0.4, -0.2) is 23.7 Å². The normalized spacial score (nSPS) is 9.16.